The zero-order valence-corrected chi connectivity index (χ0v) is 7.48. The van der Waals surface area contributed by atoms with Crippen LogP contribution in [0, 0.1) is 0 Å². The lowest BCUT2D eigenvalue weighted by molar-refractivity contribution is 0.147. The number of nitrogens with zero attached hydrogens (tertiary/aromatic N) is 1. The lowest BCUT2D eigenvalue weighted by Crippen LogP contribution is -2.03. The van der Waals surface area contributed by atoms with E-state index < -0.39 is 12.1 Å². The normalized spacial score (nSPS) is 10.7. The zero-order valence-electron chi connectivity index (χ0n) is 5.89. The fraction of sp³-hybridized carbons (Fsp3) is 0.167. The van der Waals surface area contributed by atoms with Gasteiger partial charge in [0.05, 0.1) is 15.8 Å². The Labute approximate surface area is 75.9 Å². The molecule has 0 fully saturated rings. The third kappa shape index (κ3) is 1.47. The molecule has 1 heterocycles. The van der Waals surface area contributed by atoms with Crippen molar-refractivity contribution in [3.8, 4) is 0 Å². The van der Waals surface area contributed by atoms with Crippen molar-refractivity contribution < 1.29 is 8.78 Å². The molecule has 12 heavy (non-hydrogen) atoms. The molecule has 0 amide bonds. The number of hydrogen-bond donors (Lipinski definition) is 2. The van der Waals surface area contributed by atoms with Gasteiger partial charge in [-0.25, -0.2) is 8.78 Å². The molecule has 3 nitrogen and oxygen atoms in total. The Morgan fingerprint density at radius 2 is 1.92 bits per heavy atom. The summed E-state index contributed by atoms with van der Waals surface area (Å²) in [6.45, 7) is 0. The molecule has 0 aliphatic rings. The molecule has 0 unspecified atom stereocenters. The highest BCUT2D eigenvalue weighted by Gasteiger charge is 2.16. The van der Waals surface area contributed by atoms with E-state index in [9.17, 15) is 8.78 Å². The molecule has 0 saturated carbocycles. The standard InChI is InChI=1S/C6H6BrF2N3/c7-2-1-12-5(6(8)9)4(11)3(2)10/h1,6H,11H2,(H2,10,12). The number of pyridine rings is 1. The molecule has 6 heteroatoms. The summed E-state index contributed by atoms with van der Waals surface area (Å²) in [5.41, 5.74) is 10.1. The second kappa shape index (κ2) is 3.22. The first-order valence-corrected chi connectivity index (χ1v) is 3.80. The van der Waals surface area contributed by atoms with Crippen molar-refractivity contribution >= 4 is 27.3 Å². The van der Waals surface area contributed by atoms with Crippen molar-refractivity contribution in [3.05, 3.63) is 16.4 Å². The van der Waals surface area contributed by atoms with E-state index in [1.54, 1.807) is 0 Å². The van der Waals surface area contributed by atoms with Gasteiger partial charge in [0.2, 0.25) is 0 Å². The number of anilines is 2. The van der Waals surface area contributed by atoms with Gasteiger partial charge in [0, 0.05) is 6.20 Å². The Hall–Kier alpha value is -0.910. The van der Waals surface area contributed by atoms with Crippen LogP contribution in [0.25, 0.3) is 0 Å². The number of nitrogen functional groups attached to an aromatic ring is 2. The smallest absolute Gasteiger partial charge is 0.282 e. The minimum atomic E-state index is -2.69. The van der Waals surface area contributed by atoms with E-state index in [2.05, 4.69) is 20.9 Å². The summed E-state index contributed by atoms with van der Waals surface area (Å²) in [7, 11) is 0. The molecule has 0 spiro atoms. The van der Waals surface area contributed by atoms with Gasteiger partial charge in [-0.2, -0.15) is 0 Å². The molecule has 0 radical (unpaired) electrons. The molecule has 0 atom stereocenters. The van der Waals surface area contributed by atoms with Crippen LogP contribution in [0.5, 0.6) is 0 Å². The number of rotatable bonds is 1. The van der Waals surface area contributed by atoms with Gasteiger partial charge in [0.25, 0.3) is 6.43 Å². The van der Waals surface area contributed by atoms with E-state index >= 15 is 0 Å². The fourth-order valence-corrected chi connectivity index (χ4v) is 1.02. The highest BCUT2D eigenvalue weighted by molar-refractivity contribution is 9.10. The van der Waals surface area contributed by atoms with Crippen LogP contribution >= 0.6 is 15.9 Å². The summed E-state index contributed by atoms with van der Waals surface area (Å²) < 4.78 is 24.7. The van der Waals surface area contributed by atoms with Gasteiger partial charge in [0.1, 0.15) is 5.69 Å². The molecule has 66 valence electrons. The van der Waals surface area contributed by atoms with Crippen LogP contribution in [0.4, 0.5) is 20.2 Å². The summed E-state index contributed by atoms with van der Waals surface area (Å²) in [5, 5.41) is 0. The Bertz CT molecular complexity index is 303. The van der Waals surface area contributed by atoms with Gasteiger partial charge in [-0.1, -0.05) is 0 Å². The van der Waals surface area contributed by atoms with Gasteiger partial charge in [0.15, 0.2) is 0 Å². The molecule has 1 rings (SSSR count). The third-order valence-electron chi connectivity index (χ3n) is 1.35. The van der Waals surface area contributed by atoms with Crippen molar-refractivity contribution in [1.82, 2.24) is 4.98 Å². The Morgan fingerprint density at radius 1 is 1.33 bits per heavy atom. The van der Waals surface area contributed by atoms with Gasteiger partial charge >= 0.3 is 0 Å². The van der Waals surface area contributed by atoms with Crippen molar-refractivity contribution in [2.24, 2.45) is 0 Å². The summed E-state index contributed by atoms with van der Waals surface area (Å²) in [5.74, 6) is 0. The number of halogens is 3. The monoisotopic (exact) mass is 237 g/mol. The van der Waals surface area contributed by atoms with Crippen molar-refractivity contribution in [2.75, 3.05) is 11.5 Å². The molecule has 0 saturated heterocycles. The molecule has 0 aromatic carbocycles. The molecular formula is C6H6BrF2N3. The van der Waals surface area contributed by atoms with Crippen LogP contribution in [0.1, 0.15) is 12.1 Å². The molecule has 0 aliphatic carbocycles. The second-order valence-electron chi connectivity index (χ2n) is 2.12. The quantitative estimate of drug-likeness (QED) is 0.785. The largest absolute Gasteiger partial charge is 0.396 e. The average Bonchev–Trinajstić information content (AvgIpc) is 2.00. The predicted octanol–water partition coefficient (Wildman–Crippen LogP) is 1.95. The van der Waals surface area contributed by atoms with E-state index in [0.29, 0.717) is 4.47 Å². The first kappa shape index (κ1) is 9.18. The van der Waals surface area contributed by atoms with Gasteiger partial charge in [-0.15, -0.1) is 0 Å². The summed E-state index contributed by atoms with van der Waals surface area (Å²) in [4.78, 5) is 3.44. The summed E-state index contributed by atoms with van der Waals surface area (Å²) in [6.07, 6.45) is -1.49. The lowest BCUT2D eigenvalue weighted by Gasteiger charge is -2.06. The molecule has 0 aliphatic heterocycles. The van der Waals surface area contributed by atoms with Crippen molar-refractivity contribution in [1.29, 1.82) is 0 Å². The maximum absolute atomic E-state index is 12.1. The Morgan fingerprint density at radius 3 is 2.42 bits per heavy atom. The number of hydrogen-bond acceptors (Lipinski definition) is 3. The maximum Gasteiger partial charge on any atom is 0.282 e. The first-order valence-electron chi connectivity index (χ1n) is 3.01. The molecular weight excluding hydrogens is 232 g/mol. The topological polar surface area (TPSA) is 64.9 Å². The van der Waals surface area contributed by atoms with Crippen LogP contribution in [-0.2, 0) is 0 Å². The molecule has 1 aromatic heterocycles. The molecule has 0 bridgehead atoms. The zero-order chi connectivity index (χ0) is 9.30. The lowest BCUT2D eigenvalue weighted by atomic mass is 10.3. The number of nitrogens with two attached hydrogens (primary N) is 2. The molecule has 1 aromatic rings. The second-order valence-corrected chi connectivity index (χ2v) is 2.97. The van der Waals surface area contributed by atoms with Crippen molar-refractivity contribution in [2.45, 2.75) is 6.43 Å². The van der Waals surface area contributed by atoms with Crippen LogP contribution in [0.3, 0.4) is 0 Å². The molecule has 4 N–H and O–H groups in total. The Kier molecular flexibility index (Phi) is 2.46. The van der Waals surface area contributed by atoms with E-state index in [4.69, 9.17) is 11.5 Å². The average molecular weight is 238 g/mol. The van der Waals surface area contributed by atoms with Crippen molar-refractivity contribution in [3.63, 3.8) is 0 Å². The van der Waals surface area contributed by atoms with Crippen LogP contribution in [-0.4, -0.2) is 4.98 Å². The first-order chi connectivity index (χ1) is 5.54. The fourth-order valence-electron chi connectivity index (χ4n) is 0.706. The SMILES string of the molecule is Nc1c(Br)cnc(C(F)F)c1N. The van der Waals surface area contributed by atoms with Crippen LogP contribution in [0.2, 0.25) is 0 Å². The van der Waals surface area contributed by atoms with Gasteiger partial charge < -0.3 is 11.5 Å². The summed E-state index contributed by atoms with van der Waals surface area (Å²) in [6, 6.07) is 0. The van der Waals surface area contributed by atoms with E-state index in [-0.39, 0.29) is 11.4 Å². The maximum atomic E-state index is 12.1. The number of aromatic nitrogens is 1. The third-order valence-corrected chi connectivity index (χ3v) is 1.98. The van der Waals surface area contributed by atoms with E-state index in [1.807, 2.05) is 0 Å². The summed E-state index contributed by atoms with van der Waals surface area (Å²) >= 11 is 3.02. The number of alkyl halides is 2. The predicted molar refractivity (Wildman–Crippen MR) is 45.7 cm³/mol. The highest BCUT2D eigenvalue weighted by Crippen LogP contribution is 2.31. The minimum absolute atomic E-state index is 0.0975. The van der Waals surface area contributed by atoms with E-state index in [0.717, 1.165) is 0 Å². The van der Waals surface area contributed by atoms with Crippen LogP contribution in [0.15, 0.2) is 10.7 Å². The van der Waals surface area contributed by atoms with Gasteiger partial charge in [-0.3, -0.25) is 4.98 Å². The Balaban J connectivity index is 3.27. The highest BCUT2D eigenvalue weighted by atomic mass is 79.9. The van der Waals surface area contributed by atoms with E-state index in [1.165, 1.54) is 6.20 Å². The minimum Gasteiger partial charge on any atom is -0.396 e. The van der Waals surface area contributed by atoms with Gasteiger partial charge in [-0.05, 0) is 15.9 Å². The van der Waals surface area contributed by atoms with Crippen LogP contribution < -0.4 is 11.5 Å².